The van der Waals surface area contributed by atoms with Crippen LogP contribution in [0, 0.1) is 0 Å². The summed E-state index contributed by atoms with van der Waals surface area (Å²) in [6.07, 6.45) is 0.878. The van der Waals surface area contributed by atoms with Crippen LogP contribution in [0.3, 0.4) is 0 Å². The second-order valence-electron chi connectivity index (χ2n) is 6.09. The summed E-state index contributed by atoms with van der Waals surface area (Å²) < 4.78 is 33.6. The minimum Gasteiger partial charge on any atom is -0.497 e. The Morgan fingerprint density at radius 3 is 2.52 bits per heavy atom. The van der Waals surface area contributed by atoms with Crippen LogP contribution >= 0.6 is 0 Å². The molecule has 0 aromatic heterocycles. The Morgan fingerprint density at radius 2 is 1.92 bits per heavy atom. The summed E-state index contributed by atoms with van der Waals surface area (Å²) in [5.41, 5.74) is 0. The first-order chi connectivity index (χ1) is 11.9. The molecule has 140 valence electrons. The van der Waals surface area contributed by atoms with Crippen LogP contribution in [0.4, 0.5) is 0 Å². The number of carbonyl (C=O) groups is 1. The van der Waals surface area contributed by atoms with E-state index in [9.17, 15) is 13.2 Å². The lowest BCUT2D eigenvalue weighted by Crippen LogP contribution is -2.39. The first-order valence-electron chi connectivity index (χ1n) is 8.35. The van der Waals surface area contributed by atoms with Gasteiger partial charge in [0.15, 0.2) is 9.84 Å². The van der Waals surface area contributed by atoms with E-state index >= 15 is 0 Å². The highest BCUT2D eigenvalue weighted by atomic mass is 32.2. The number of amides is 1. The summed E-state index contributed by atoms with van der Waals surface area (Å²) in [5.74, 6) is 1.77. The molecular formula is C17H26N2O5S. The fourth-order valence-electron chi connectivity index (χ4n) is 2.69. The number of nitrogens with one attached hydrogen (secondary N) is 1. The third-order valence-electron chi connectivity index (χ3n) is 4.27. The third kappa shape index (κ3) is 6.21. The van der Waals surface area contributed by atoms with E-state index in [1.165, 1.54) is 0 Å². The topological polar surface area (TPSA) is 84.9 Å². The molecule has 1 heterocycles. The predicted molar refractivity (Wildman–Crippen MR) is 95.8 cm³/mol. The molecule has 0 radical (unpaired) electrons. The van der Waals surface area contributed by atoms with Crippen LogP contribution in [0.2, 0.25) is 0 Å². The monoisotopic (exact) mass is 370 g/mol. The third-order valence-corrected chi connectivity index (χ3v) is 6.02. The fourth-order valence-corrected chi connectivity index (χ4v) is 4.47. The van der Waals surface area contributed by atoms with E-state index in [0.717, 1.165) is 11.5 Å². The first-order valence-corrected chi connectivity index (χ1v) is 10.2. The Morgan fingerprint density at radius 1 is 1.24 bits per heavy atom. The largest absolute Gasteiger partial charge is 0.497 e. The summed E-state index contributed by atoms with van der Waals surface area (Å²) in [6, 6.07) is 7.16. The maximum Gasteiger partial charge on any atom is 0.223 e. The molecule has 1 aromatic carbocycles. The lowest BCUT2D eigenvalue weighted by atomic mass is 10.2. The molecular weight excluding hydrogens is 344 g/mol. The number of benzene rings is 1. The van der Waals surface area contributed by atoms with E-state index in [-0.39, 0.29) is 23.5 Å². The molecule has 0 spiro atoms. The van der Waals surface area contributed by atoms with Crippen molar-refractivity contribution in [2.24, 2.45) is 0 Å². The van der Waals surface area contributed by atoms with Crippen LogP contribution in [0.1, 0.15) is 12.8 Å². The maximum atomic E-state index is 12.1. The molecule has 1 atom stereocenters. The summed E-state index contributed by atoms with van der Waals surface area (Å²) in [4.78, 5) is 13.7. The molecule has 8 heteroatoms. The van der Waals surface area contributed by atoms with Gasteiger partial charge in [0.2, 0.25) is 5.91 Å². The normalized spacial score (nSPS) is 18.7. The van der Waals surface area contributed by atoms with Crippen molar-refractivity contribution in [1.29, 1.82) is 0 Å². The van der Waals surface area contributed by atoms with Crippen molar-refractivity contribution in [2.45, 2.75) is 18.9 Å². The highest BCUT2D eigenvalue weighted by molar-refractivity contribution is 7.91. The Bertz CT molecular complexity index is 660. The fraction of sp³-hybridized carbons (Fsp3) is 0.588. The van der Waals surface area contributed by atoms with E-state index in [2.05, 4.69) is 5.32 Å². The molecule has 1 aliphatic heterocycles. The van der Waals surface area contributed by atoms with Gasteiger partial charge in [0.1, 0.15) is 18.1 Å². The molecule has 1 saturated heterocycles. The van der Waals surface area contributed by atoms with Crippen molar-refractivity contribution in [2.75, 3.05) is 45.4 Å². The van der Waals surface area contributed by atoms with Crippen LogP contribution in [0.15, 0.2) is 24.3 Å². The number of methoxy groups -OCH3 is 1. The number of hydrogen-bond donors (Lipinski definition) is 1. The van der Waals surface area contributed by atoms with E-state index < -0.39 is 9.84 Å². The molecule has 1 unspecified atom stereocenters. The van der Waals surface area contributed by atoms with Crippen LogP contribution < -0.4 is 14.8 Å². The van der Waals surface area contributed by atoms with Crippen molar-refractivity contribution >= 4 is 15.7 Å². The highest BCUT2D eigenvalue weighted by Crippen LogP contribution is 2.17. The van der Waals surface area contributed by atoms with E-state index in [4.69, 9.17) is 9.47 Å². The van der Waals surface area contributed by atoms with E-state index in [1.54, 1.807) is 19.1 Å². The van der Waals surface area contributed by atoms with Gasteiger partial charge in [0.25, 0.3) is 0 Å². The van der Waals surface area contributed by atoms with Crippen molar-refractivity contribution in [3.05, 3.63) is 24.3 Å². The van der Waals surface area contributed by atoms with Crippen LogP contribution in [0.25, 0.3) is 0 Å². The second kappa shape index (κ2) is 9.05. The van der Waals surface area contributed by atoms with Gasteiger partial charge in [-0.1, -0.05) is 0 Å². The van der Waals surface area contributed by atoms with Gasteiger partial charge in [-0.3, -0.25) is 4.79 Å². The second-order valence-corrected chi connectivity index (χ2v) is 8.31. The molecule has 0 aliphatic carbocycles. The first kappa shape index (κ1) is 19.5. The average molecular weight is 370 g/mol. The van der Waals surface area contributed by atoms with Gasteiger partial charge in [-0.2, -0.15) is 0 Å². The molecule has 0 bridgehead atoms. The molecule has 1 fully saturated rings. The van der Waals surface area contributed by atoms with Crippen molar-refractivity contribution in [3.63, 3.8) is 0 Å². The molecule has 1 aliphatic rings. The van der Waals surface area contributed by atoms with Crippen LogP contribution in [0.5, 0.6) is 11.5 Å². The molecule has 7 nitrogen and oxygen atoms in total. The van der Waals surface area contributed by atoms with E-state index in [1.807, 2.05) is 24.3 Å². The number of sulfone groups is 1. The lowest BCUT2D eigenvalue weighted by Gasteiger charge is -2.23. The minimum absolute atomic E-state index is 0.0364. The molecule has 0 saturated carbocycles. The minimum atomic E-state index is -2.97. The summed E-state index contributed by atoms with van der Waals surface area (Å²) in [7, 11) is 0.325. The van der Waals surface area contributed by atoms with Gasteiger partial charge in [-0.25, -0.2) is 8.42 Å². The zero-order valence-corrected chi connectivity index (χ0v) is 15.5. The quantitative estimate of drug-likeness (QED) is 0.644. The molecule has 1 amide bonds. The number of nitrogens with zero attached hydrogens (tertiary/aromatic N) is 1. The van der Waals surface area contributed by atoms with Crippen molar-refractivity contribution < 1.29 is 22.7 Å². The Kier molecular flexibility index (Phi) is 7.07. The van der Waals surface area contributed by atoms with Crippen molar-refractivity contribution in [1.82, 2.24) is 10.2 Å². The number of hydrogen-bond acceptors (Lipinski definition) is 6. The number of ether oxygens (including phenoxy) is 2. The van der Waals surface area contributed by atoms with Crippen LogP contribution in [-0.4, -0.2) is 70.6 Å². The summed E-state index contributed by atoms with van der Waals surface area (Å²) in [5, 5.41) is 3.16. The van der Waals surface area contributed by atoms with Gasteiger partial charge in [0, 0.05) is 32.6 Å². The van der Waals surface area contributed by atoms with Gasteiger partial charge in [0.05, 0.1) is 18.6 Å². The smallest absolute Gasteiger partial charge is 0.223 e. The molecule has 2 rings (SSSR count). The SMILES string of the molecule is COc1ccc(OCCNCCC(=O)N(C)C2CCS(=O)(=O)C2)cc1. The standard InChI is InChI=1S/C17H26N2O5S/c1-19(14-8-12-25(21,22)13-14)17(20)7-9-18-10-11-24-16-5-3-15(23-2)4-6-16/h3-6,14,18H,7-13H2,1-2H3. The number of rotatable bonds is 9. The zero-order chi connectivity index (χ0) is 18.3. The predicted octanol–water partition coefficient (Wildman–Crippen LogP) is 0.699. The summed E-state index contributed by atoms with van der Waals surface area (Å²) >= 11 is 0. The molecule has 25 heavy (non-hydrogen) atoms. The Balaban J connectivity index is 1.58. The van der Waals surface area contributed by atoms with Gasteiger partial charge in [-0.05, 0) is 30.7 Å². The molecule has 1 aromatic rings. The molecule has 1 N–H and O–H groups in total. The average Bonchev–Trinajstić information content (AvgIpc) is 2.97. The lowest BCUT2D eigenvalue weighted by molar-refractivity contribution is -0.131. The van der Waals surface area contributed by atoms with Crippen molar-refractivity contribution in [3.8, 4) is 11.5 Å². The van der Waals surface area contributed by atoms with Gasteiger partial charge >= 0.3 is 0 Å². The van der Waals surface area contributed by atoms with Crippen LogP contribution in [-0.2, 0) is 14.6 Å². The summed E-state index contributed by atoms with van der Waals surface area (Å²) in [6.45, 7) is 1.66. The zero-order valence-electron chi connectivity index (χ0n) is 14.7. The van der Waals surface area contributed by atoms with Gasteiger partial charge in [-0.15, -0.1) is 0 Å². The van der Waals surface area contributed by atoms with E-state index in [0.29, 0.717) is 32.5 Å². The maximum absolute atomic E-state index is 12.1. The number of carbonyl (C=O) groups excluding carboxylic acids is 1. The van der Waals surface area contributed by atoms with Gasteiger partial charge < -0.3 is 19.7 Å². The Labute approximate surface area is 149 Å². The highest BCUT2D eigenvalue weighted by Gasteiger charge is 2.32. The Hall–Kier alpha value is -1.80.